The molecule has 20 heavy (non-hydrogen) atoms. The summed E-state index contributed by atoms with van der Waals surface area (Å²) in [6.45, 7) is 5.24. The fourth-order valence-corrected chi connectivity index (χ4v) is 1.57. The zero-order chi connectivity index (χ0) is 15.0. The Morgan fingerprint density at radius 3 is 2.70 bits per heavy atom. The van der Waals surface area contributed by atoms with E-state index in [1.807, 2.05) is 13.8 Å². The molecule has 1 amide bonds. The number of nitrogens with one attached hydrogen (secondary N) is 2. The minimum absolute atomic E-state index is 0.0157. The fraction of sp³-hybridized carbons (Fsp3) is 0.357. The van der Waals surface area contributed by atoms with Crippen molar-refractivity contribution >= 4 is 17.7 Å². The third-order valence-electron chi connectivity index (χ3n) is 2.52. The molecule has 0 saturated heterocycles. The molecule has 0 aliphatic heterocycles. The molecule has 0 heterocycles. The predicted octanol–water partition coefficient (Wildman–Crippen LogP) is 1.72. The lowest BCUT2D eigenvalue weighted by Gasteiger charge is -2.07. The van der Waals surface area contributed by atoms with E-state index in [1.54, 1.807) is 18.2 Å². The number of hydrogen-bond donors (Lipinski definition) is 2. The molecule has 0 aliphatic rings. The van der Waals surface area contributed by atoms with Crippen LogP contribution in [0.2, 0.25) is 0 Å². The first-order chi connectivity index (χ1) is 9.50. The van der Waals surface area contributed by atoms with Crippen LogP contribution in [-0.2, 0) is 4.79 Å². The highest BCUT2D eigenvalue weighted by Crippen LogP contribution is 2.18. The van der Waals surface area contributed by atoms with Crippen molar-refractivity contribution in [2.45, 2.75) is 19.9 Å². The standard InChI is InChI=1S/C14H19N3O3/c1-11(2)15-9-10-16-14(18)8-7-12-5-3-4-6-13(12)17(19)20/h3-8,11,15H,9-10H2,1-2H3,(H,16,18). The molecule has 0 radical (unpaired) electrons. The lowest BCUT2D eigenvalue weighted by molar-refractivity contribution is -0.385. The lowest BCUT2D eigenvalue weighted by Crippen LogP contribution is -2.33. The summed E-state index contributed by atoms with van der Waals surface area (Å²) in [7, 11) is 0. The van der Waals surface area contributed by atoms with Gasteiger partial charge in [-0.25, -0.2) is 0 Å². The molecule has 0 bridgehead atoms. The van der Waals surface area contributed by atoms with Crippen molar-refractivity contribution in [1.82, 2.24) is 10.6 Å². The van der Waals surface area contributed by atoms with Gasteiger partial charge in [0.25, 0.3) is 5.69 Å². The van der Waals surface area contributed by atoms with Gasteiger partial charge in [-0.3, -0.25) is 14.9 Å². The topological polar surface area (TPSA) is 84.3 Å². The van der Waals surface area contributed by atoms with E-state index in [9.17, 15) is 14.9 Å². The van der Waals surface area contributed by atoms with Gasteiger partial charge in [0.15, 0.2) is 0 Å². The van der Waals surface area contributed by atoms with Crippen molar-refractivity contribution in [3.05, 3.63) is 46.0 Å². The summed E-state index contributed by atoms with van der Waals surface area (Å²) in [5.74, 6) is -0.270. The van der Waals surface area contributed by atoms with Gasteiger partial charge in [-0.05, 0) is 12.1 Å². The highest BCUT2D eigenvalue weighted by Gasteiger charge is 2.09. The van der Waals surface area contributed by atoms with Crippen LogP contribution < -0.4 is 10.6 Å². The van der Waals surface area contributed by atoms with Crippen LogP contribution in [0.4, 0.5) is 5.69 Å². The first-order valence-electron chi connectivity index (χ1n) is 6.43. The molecule has 0 aliphatic carbocycles. The van der Waals surface area contributed by atoms with E-state index in [1.165, 1.54) is 18.2 Å². The summed E-state index contributed by atoms with van der Waals surface area (Å²) < 4.78 is 0. The Labute approximate surface area is 118 Å². The molecule has 0 unspecified atom stereocenters. The second kappa shape index (κ2) is 8.06. The molecule has 1 aromatic rings. The molecule has 0 spiro atoms. The summed E-state index contributed by atoms with van der Waals surface area (Å²) >= 11 is 0. The van der Waals surface area contributed by atoms with Gasteiger partial charge in [0, 0.05) is 31.3 Å². The average molecular weight is 277 g/mol. The molecule has 6 nitrogen and oxygen atoms in total. The van der Waals surface area contributed by atoms with Crippen molar-refractivity contribution in [3.8, 4) is 0 Å². The van der Waals surface area contributed by atoms with Gasteiger partial charge in [-0.2, -0.15) is 0 Å². The smallest absolute Gasteiger partial charge is 0.276 e. The molecule has 1 rings (SSSR count). The molecule has 1 aromatic carbocycles. The summed E-state index contributed by atoms with van der Waals surface area (Å²) in [5.41, 5.74) is 0.394. The third-order valence-corrected chi connectivity index (χ3v) is 2.52. The minimum atomic E-state index is -0.468. The molecular weight excluding hydrogens is 258 g/mol. The van der Waals surface area contributed by atoms with E-state index in [0.717, 1.165) is 0 Å². The second-order valence-electron chi connectivity index (χ2n) is 4.55. The number of nitro groups is 1. The van der Waals surface area contributed by atoms with E-state index in [2.05, 4.69) is 10.6 Å². The maximum absolute atomic E-state index is 11.5. The Balaban J connectivity index is 2.51. The van der Waals surface area contributed by atoms with Crippen molar-refractivity contribution in [3.63, 3.8) is 0 Å². The average Bonchev–Trinajstić information content (AvgIpc) is 2.41. The van der Waals surface area contributed by atoms with Crippen LogP contribution in [-0.4, -0.2) is 30.0 Å². The van der Waals surface area contributed by atoms with Crippen LogP contribution in [0.3, 0.4) is 0 Å². The number of rotatable bonds is 7. The predicted molar refractivity (Wildman–Crippen MR) is 78.3 cm³/mol. The quantitative estimate of drug-likeness (QED) is 0.344. The van der Waals surface area contributed by atoms with Crippen LogP contribution in [0.15, 0.2) is 30.3 Å². The van der Waals surface area contributed by atoms with E-state index in [0.29, 0.717) is 24.7 Å². The van der Waals surface area contributed by atoms with Crippen molar-refractivity contribution in [2.24, 2.45) is 0 Å². The number of hydrogen-bond acceptors (Lipinski definition) is 4. The zero-order valence-electron chi connectivity index (χ0n) is 11.6. The van der Waals surface area contributed by atoms with Gasteiger partial charge in [-0.15, -0.1) is 0 Å². The SMILES string of the molecule is CC(C)NCCNC(=O)C=Cc1ccccc1[N+](=O)[O-]. The molecule has 0 fully saturated rings. The number of nitro benzene ring substituents is 1. The summed E-state index contributed by atoms with van der Waals surface area (Å²) in [6, 6.07) is 6.66. The van der Waals surface area contributed by atoms with E-state index >= 15 is 0 Å². The Hall–Kier alpha value is -2.21. The Morgan fingerprint density at radius 1 is 1.35 bits per heavy atom. The first kappa shape index (κ1) is 15.8. The fourth-order valence-electron chi connectivity index (χ4n) is 1.57. The number of carbonyl (C=O) groups is 1. The van der Waals surface area contributed by atoms with E-state index in [4.69, 9.17) is 0 Å². The minimum Gasteiger partial charge on any atom is -0.351 e. The number of benzene rings is 1. The summed E-state index contributed by atoms with van der Waals surface area (Å²) in [4.78, 5) is 21.9. The van der Waals surface area contributed by atoms with Crippen LogP contribution >= 0.6 is 0 Å². The number of carbonyl (C=O) groups excluding carboxylic acids is 1. The lowest BCUT2D eigenvalue weighted by atomic mass is 10.1. The summed E-state index contributed by atoms with van der Waals surface area (Å²) in [6.07, 6.45) is 2.75. The van der Waals surface area contributed by atoms with Gasteiger partial charge < -0.3 is 10.6 Å². The van der Waals surface area contributed by atoms with Crippen molar-refractivity contribution in [2.75, 3.05) is 13.1 Å². The molecule has 2 N–H and O–H groups in total. The first-order valence-corrected chi connectivity index (χ1v) is 6.43. The van der Waals surface area contributed by atoms with Crippen LogP contribution in [0.5, 0.6) is 0 Å². The Bertz CT molecular complexity index is 498. The van der Waals surface area contributed by atoms with Crippen LogP contribution in [0.25, 0.3) is 6.08 Å². The molecule has 6 heteroatoms. The maximum atomic E-state index is 11.5. The largest absolute Gasteiger partial charge is 0.351 e. The zero-order valence-corrected chi connectivity index (χ0v) is 11.6. The van der Waals surface area contributed by atoms with Gasteiger partial charge in [0.05, 0.1) is 10.5 Å². The molecule has 0 saturated carbocycles. The van der Waals surface area contributed by atoms with Crippen molar-refractivity contribution in [1.29, 1.82) is 0 Å². The third kappa shape index (κ3) is 5.62. The number of nitrogens with zero attached hydrogens (tertiary/aromatic N) is 1. The normalized spacial score (nSPS) is 10.9. The highest BCUT2D eigenvalue weighted by atomic mass is 16.6. The maximum Gasteiger partial charge on any atom is 0.276 e. The van der Waals surface area contributed by atoms with Crippen LogP contribution in [0.1, 0.15) is 19.4 Å². The van der Waals surface area contributed by atoms with E-state index < -0.39 is 4.92 Å². The van der Waals surface area contributed by atoms with Gasteiger partial charge in [0.1, 0.15) is 0 Å². The van der Waals surface area contributed by atoms with Gasteiger partial charge in [-0.1, -0.05) is 26.0 Å². The second-order valence-corrected chi connectivity index (χ2v) is 4.55. The highest BCUT2D eigenvalue weighted by molar-refractivity contribution is 5.92. The molecule has 0 aromatic heterocycles. The monoisotopic (exact) mass is 277 g/mol. The number of amides is 1. The molecule has 108 valence electrons. The van der Waals surface area contributed by atoms with E-state index in [-0.39, 0.29) is 11.6 Å². The van der Waals surface area contributed by atoms with Gasteiger partial charge >= 0.3 is 0 Å². The van der Waals surface area contributed by atoms with Crippen LogP contribution in [0, 0.1) is 10.1 Å². The molecular formula is C14H19N3O3. The molecule has 0 atom stereocenters. The Morgan fingerprint density at radius 2 is 2.05 bits per heavy atom. The number of para-hydroxylation sites is 1. The summed E-state index contributed by atoms with van der Waals surface area (Å²) in [5, 5.41) is 16.7. The van der Waals surface area contributed by atoms with Gasteiger partial charge in [0.2, 0.25) is 5.91 Å². The van der Waals surface area contributed by atoms with Crippen molar-refractivity contribution < 1.29 is 9.72 Å². The Kier molecular flexibility index (Phi) is 6.39.